The van der Waals surface area contributed by atoms with E-state index in [1.165, 1.54) is 25.1 Å². The predicted octanol–water partition coefficient (Wildman–Crippen LogP) is 2.20. The molecule has 3 N–H and O–H groups in total. The van der Waals surface area contributed by atoms with Crippen molar-refractivity contribution in [2.24, 2.45) is 0 Å². The SMILES string of the molecule is COC(=O)/C=C(/Nc1ccc(-c2ccc(NC(C)=O)cc2)cc1S(=O)(=O)O)C(=O)OC. The van der Waals surface area contributed by atoms with Gasteiger partial charge in [0.2, 0.25) is 5.91 Å². The number of esters is 2. The molecule has 0 spiro atoms. The molecule has 0 radical (unpaired) electrons. The van der Waals surface area contributed by atoms with Crippen molar-refractivity contribution in [3.8, 4) is 11.1 Å². The molecule has 0 aliphatic rings. The minimum Gasteiger partial charge on any atom is -0.466 e. The summed E-state index contributed by atoms with van der Waals surface area (Å²) < 4.78 is 42.6. The number of carbonyl (C=O) groups excluding carboxylic acids is 3. The Morgan fingerprint density at radius 2 is 1.55 bits per heavy atom. The highest BCUT2D eigenvalue weighted by atomic mass is 32.2. The van der Waals surface area contributed by atoms with E-state index < -0.39 is 32.6 Å². The molecule has 0 bridgehead atoms. The molecule has 0 aromatic heterocycles. The monoisotopic (exact) mass is 448 g/mol. The zero-order chi connectivity index (χ0) is 23.2. The first-order chi connectivity index (χ1) is 14.5. The number of benzene rings is 2. The lowest BCUT2D eigenvalue weighted by molar-refractivity contribution is -0.138. The van der Waals surface area contributed by atoms with E-state index in [9.17, 15) is 27.4 Å². The number of hydrogen-bond donors (Lipinski definition) is 3. The summed E-state index contributed by atoms with van der Waals surface area (Å²) in [4.78, 5) is 34.0. The van der Waals surface area contributed by atoms with Crippen molar-refractivity contribution in [2.75, 3.05) is 24.9 Å². The summed E-state index contributed by atoms with van der Waals surface area (Å²) in [6.07, 6.45) is 0.786. The van der Waals surface area contributed by atoms with E-state index in [1.54, 1.807) is 24.3 Å². The van der Waals surface area contributed by atoms with E-state index in [0.717, 1.165) is 20.3 Å². The normalized spacial score (nSPS) is 11.4. The second kappa shape index (κ2) is 9.87. The van der Waals surface area contributed by atoms with E-state index in [1.807, 2.05) is 0 Å². The Balaban J connectivity index is 2.49. The number of methoxy groups -OCH3 is 2. The molecule has 0 unspecified atom stereocenters. The van der Waals surface area contributed by atoms with Crippen LogP contribution in [0.2, 0.25) is 0 Å². The molecule has 0 heterocycles. The average molecular weight is 448 g/mol. The van der Waals surface area contributed by atoms with Crippen LogP contribution in [0.3, 0.4) is 0 Å². The average Bonchev–Trinajstić information content (AvgIpc) is 2.72. The second-order valence-electron chi connectivity index (χ2n) is 6.14. The number of ether oxygens (including phenoxy) is 2. The smallest absolute Gasteiger partial charge is 0.354 e. The summed E-state index contributed by atoms with van der Waals surface area (Å²) in [5, 5.41) is 5.09. The highest BCUT2D eigenvalue weighted by Crippen LogP contribution is 2.30. The standard InChI is InChI=1S/C20H20N2O8S/c1-12(23)21-15-7-4-13(5-8-15)14-6-9-16(18(10-14)31(26,27)28)22-17(20(25)30-3)11-19(24)29-2/h4-11,22H,1-3H3,(H,21,23)(H,26,27,28)/b17-11+. The Kier molecular flexibility index (Phi) is 7.51. The lowest BCUT2D eigenvalue weighted by Gasteiger charge is -2.14. The molecule has 0 saturated heterocycles. The van der Waals surface area contributed by atoms with E-state index in [2.05, 4.69) is 20.1 Å². The molecule has 0 fully saturated rings. The second-order valence-corrected chi connectivity index (χ2v) is 7.53. The first kappa shape index (κ1) is 23.6. The fourth-order valence-electron chi connectivity index (χ4n) is 2.55. The van der Waals surface area contributed by atoms with Gasteiger partial charge in [-0.1, -0.05) is 18.2 Å². The fourth-order valence-corrected chi connectivity index (χ4v) is 3.22. The maximum Gasteiger partial charge on any atom is 0.354 e. The largest absolute Gasteiger partial charge is 0.466 e. The van der Waals surface area contributed by atoms with Crippen molar-refractivity contribution in [3.63, 3.8) is 0 Å². The highest BCUT2D eigenvalue weighted by Gasteiger charge is 2.21. The van der Waals surface area contributed by atoms with E-state index in [0.29, 0.717) is 16.8 Å². The van der Waals surface area contributed by atoms with Crippen LogP contribution >= 0.6 is 0 Å². The molecule has 31 heavy (non-hydrogen) atoms. The molecule has 1 amide bonds. The van der Waals surface area contributed by atoms with Gasteiger partial charge in [0.05, 0.1) is 26.0 Å². The summed E-state index contributed by atoms with van der Waals surface area (Å²) in [5.41, 5.74) is 1.03. The molecule has 2 rings (SSSR count). The van der Waals surface area contributed by atoms with Crippen molar-refractivity contribution in [3.05, 3.63) is 54.2 Å². The molecule has 0 aliphatic carbocycles. The maximum atomic E-state index is 12.0. The number of nitrogens with one attached hydrogen (secondary N) is 2. The first-order valence-corrected chi connectivity index (χ1v) is 10.1. The van der Waals surface area contributed by atoms with Crippen molar-refractivity contribution in [1.29, 1.82) is 0 Å². The van der Waals surface area contributed by atoms with Gasteiger partial charge in [-0.2, -0.15) is 8.42 Å². The highest BCUT2D eigenvalue weighted by molar-refractivity contribution is 7.86. The zero-order valence-corrected chi connectivity index (χ0v) is 17.6. The minimum atomic E-state index is -4.72. The lowest BCUT2D eigenvalue weighted by atomic mass is 10.0. The quantitative estimate of drug-likeness (QED) is 0.329. The maximum absolute atomic E-state index is 12.0. The van der Waals surface area contributed by atoms with Gasteiger partial charge in [0, 0.05) is 12.6 Å². The van der Waals surface area contributed by atoms with Crippen molar-refractivity contribution < 1.29 is 36.8 Å². The summed E-state index contributed by atoms with van der Waals surface area (Å²) in [5.74, 6) is -2.07. The number of anilines is 2. The van der Waals surface area contributed by atoms with Gasteiger partial charge in [0.15, 0.2) is 0 Å². The van der Waals surface area contributed by atoms with Crippen LogP contribution in [0.4, 0.5) is 11.4 Å². The van der Waals surface area contributed by atoms with Crippen LogP contribution in [0.25, 0.3) is 11.1 Å². The molecular weight excluding hydrogens is 428 g/mol. The van der Waals surface area contributed by atoms with Gasteiger partial charge in [0.25, 0.3) is 10.1 Å². The van der Waals surface area contributed by atoms with Crippen LogP contribution in [-0.2, 0) is 34.0 Å². The van der Waals surface area contributed by atoms with Crippen molar-refractivity contribution >= 4 is 39.3 Å². The van der Waals surface area contributed by atoms with E-state index >= 15 is 0 Å². The van der Waals surface area contributed by atoms with Gasteiger partial charge in [-0.05, 0) is 35.4 Å². The van der Waals surface area contributed by atoms with Gasteiger partial charge in [-0.25, -0.2) is 9.59 Å². The Bertz CT molecular complexity index is 1140. The molecule has 0 atom stereocenters. The predicted molar refractivity (Wildman–Crippen MR) is 112 cm³/mol. The Morgan fingerprint density at radius 1 is 0.935 bits per heavy atom. The number of carbonyl (C=O) groups is 3. The molecular formula is C20H20N2O8S. The van der Waals surface area contributed by atoms with Crippen LogP contribution in [0.1, 0.15) is 6.92 Å². The van der Waals surface area contributed by atoms with Crippen LogP contribution in [0.15, 0.2) is 59.1 Å². The first-order valence-electron chi connectivity index (χ1n) is 8.69. The third-order valence-electron chi connectivity index (χ3n) is 3.94. The molecule has 2 aromatic rings. The molecule has 0 saturated carbocycles. The van der Waals surface area contributed by atoms with E-state index in [-0.39, 0.29) is 11.6 Å². The fraction of sp³-hybridized carbons (Fsp3) is 0.150. The van der Waals surface area contributed by atoms with Crippen LogP contribution in [0.5, 0.6) is 0 Å². The summed E-state index contributed by atoms with van der Waals surface area (Å²) in [7, 11) is -2.54. The summed E-state index contributed by atoms with van der Waals surface area (Å²) in [6.45, 7) is 1.37. The van der Waals surface area contributed by atoms with Crippen LogP contribution in [-0.4, -0.2) is 45.0 Å². The Labute approximate surface area is 178 Å². The van der Waals surface area contributed by atoms with Gasteiger partial charge in [-0.3, -0.25) is 9.35 Å². The third-order valence-corrected chi connectivity index (χ3v) is 4.83. The van der Waals surface area contributed by atoms with Gasteiger partial charge in [-0.15, -0.1) is 0 Å². The van der Waals surface area contributed by atoms with Crippen LogP contribution < -0.4 is 10.6 Å². The summed E-state index contributed by atoms with van der Waals surface area (Å²) in [6, 6.07) is 10.6. The Morgan fingerprint density at radius 3 is 2.06 bits per heavy atom. The topological polar surface area (TPSA) is 148 Å². The number of amides is 1. The Hall–Kier alpha value is -3.70. The number of hydrogen-bond acceptors (Lipinski definition) is 8. The third kappa shape index (κ3) is 6.39. The van der Waals surface area contributed by atoms with Gasteiger partial charge >= 0.3 is 11.9 Å². The van der Waals surface area contributed by atoms with Gasteiger partial charge < -0.3 is 20.1 Å². The molecule has 0 aliphatic heterocycles. The number of rotatable bonds is 7. The minimum absolute atomic E-state index is 0.165. The zero-order valence-electron chi connectivity index (χ0n) is 16.8. The van der Waals surface area contributed by atoms with Gasteiger partial charge in [0.1, 0.15) is 10.6 Å². The van der Waals surface area contributed by atoms with E-state index in [4.69, 9.17) is 0 Å². The lowest BCUT2D eigenvalue weighted by Crippen LogP contribution is -2.17. The molecule has 11 heteroatoms. The van der Waals surface area contributed by atoms with Crippen LogP contribution in [0, 0.1) is 0 Å². The molecule has 164 valence electrons. The van der Waals surface area contributed by atoms with Crippen molar-refractivity contribution in [1.82, 2.24) is 0 Å². The molecule has 10 nitrogen and oxygen atoms in total. The van der Waals surface area contributed by atoms with Crippen molar-refractivity contribution in [2.45, 2.75) is 11.8 Å². The summed E-state index contributed by atoms with van der Waals surface area (Å²) >= 11 is 0. The molecule has 2 aromatic carbocycles.